The summed E-state index contributed by atoms with van der Waals surface area (Å²) < 4.78 is 8.13. The van der Waals surface area contributed by atoms with Crippen molar-refractivity contribution in [2.75, 3.05) is 32.6 Å². The fraction of sp³-hybridized carbons (Fsp3) is 0.286. The quantitative estimate of drug-likeness (QED) is 0.402. The molecular formula is C21H24ClN3OS. The van der Waals surface area contributed by atoms with Crippen LogP contribution in [-0.2, 0) is 7.05 Å². The predicted octanol–water partition coefficient (Wildman–Crippen LogP) is 1.21. The lowest BCUT2D eigenvalue weighted by molar-refractivity contribution is -0.646. The van der Waals surface area contributed by atoms with Crippen LogP contribution in [0.25, 0.3) is 10.9 Å². The lowest BCUT2D eigenvalue weighted by Gasteiger charge is -2.21. The maximum Gasteiger partial charge on any atom is 0.214 e. The van der Waals surface area contributed by atoms with Gasteiger partial charge in [-0.1, -0.05) is 23.9 Å². The van der Waals surface area contributed by atoms with Crippen molar-refractivity contribution in [2.24, 2.45) is 7.05 Å². The molecule has 1 aliphatic rings. The van der Waals surface area contributed by atoms with Crippen molar-refractivity contribution in [1.29, 1.82) is 0 Å². The van der Waals surface area contributed by atoms with E-state index in [2.05, 4.69) is 84.6 Å². The van der Waals surface area contributed by atoms with E-state index in [-0.39, 0.29) is 12.4 Å². The van der Waals surface area contributed by atoms with E-state index in [1.165, 1.54) is 26.4 Å². The molecule has 0 fully saturated rings. The Labute approximate surface area is 170 Å². The first-order chi connectivity index (χ1) is 12.6. The molecule has 1 aliphatic heterocycles. The first kappa shape index (κ1) is 19.8. The van der Waals surface area contributed by atoms with Crippen LogP contribution in [-0.4, -0.2) is 32.1 Å². The molecule has 142 valence electrons. The molecule has 4 rings (SSSR count). The third-order valence-corrected chi connectivity index (χ3v) is 5.67. The maximum atomic E-state index is 5.94. The summed E-state index contributed by atoms with van der Waals surface area (Å²) in [4.78, 5) is 4.66. The van der Waals surface area contributed by atoms with Crippen LogP contribution in [0.15, 0.2) is 58.5 Å². The van der Waals surface area contributed by atoms with Gasteiger partial charge >= 0.3 is 0 Å². The van der Waals surface area contributed by atoms with Gasteiger partial charge in [0.2, 0.25) is 5.52 Å². The van der Waals surface area contributed by atoms with Crippen molar-refractivity contribution >= 4 is 34.0 Å². The Morgan fingerprint density at radius 1 is 1.11 bits per heavy atom. The number of anilines is 2. The van der Waals surface area contributed by atoms with Crippen LogP contribution in [0, 0.1) is 0 Å². The minimum atomic E-state index is 0. The third-order valence-electron chi connectivity index (χ3n) is 4.56. The number of benzene rings is 2. The van der Waals surface area contributed by atoms with Gasteiger partial charge in [0.25, 0.3) is 0 Å². The molecule has 0 saturated carbocycles. The van der Waals surface area contributed by atoms with Crippen molar-refractivity contribution in [3.63, 3.8) is 0 Å². The van der Waals surface area contributed by atoms with Gasteiger partial charge in [-0.2, -0.15) is 4.57 Å². The number of fused-ring (bicyclic) bond motifs is 4. The van der Waals surface area contributed by atoms with E-state index in [1.807, 2.05) is 0 Å². The first-order valence-corrected chi connectivity index (χ1v) is 9.71. The van der Waals surface area contributed by atoms with Gasteiger partial charge in [0.05, 0.1) is 23.4 Å². The fourth-order valence-electron chi connectivity index (χ4n) is 3.25. The Balaban J connectivity index is 0.00000210. The van der Waals surface area contributed by atoms with Crippen molar-refractivity contribution in [1.82, 2.24) is 4.90 Å². The number of nitrogens with zero attached hydrogens (tertiary/aromatic N) is 2. The van der Waals surface area contributed by atoms with E-state index in [9.17, 15) is 0 Å². The largest absolute Gasteiger partial charge is 1.00 e. The van der Waals surface area contributed by atoms with E-state index < -0.39 is 0 Å². The van der Waals surface area contributed by atoms with Crippen molar-refractivity contribution < 1.29 is 21.7 Å². The van der Waals surface area contributed by atoms with Crippen LogP contribution in [0.5, 0.6) is 5.75 Å². The minimum absolute atomic E-state index is 0. The van der Waals surface area contributed by atoms with Crippen LogP contribution >= 0.6 is 11.8 Å². The van der Waals surface area contributed by atoms with Gasteiger partial charge in [-0.15, -0.1) is 0 Å². The number of para-hydroxylation sites is 1. The monoisotopic (exact) mass is 401 g/mol. The summed E-state index contributed by atoms with van der Waals surface area (Å²) in [6.07, 6.45) is 3.22. The van der Waals surface area contributed by atoms with E-state index in [4.69, 9.17) is 4.74 Å². The lowest BCUT2D eigenvalue weighted by Crippen LogP contribution is -3.00. The Hall–Kier alpha value is -1.95. The van der Waals surface area contributed by atoms with Crippen molar-refractivity contribution in [3.05, 3.63) is 48.7 Å². The number of halogens is 1. The Morgan fingerprint density at radius 2 is 1.93 bits per heavy atom. The van der Waals surface area contributed by atoms with E-state index in [1.54, 1.807) is 11.8 Å². The number of aromatic nitrogens is 1. The first-order valence-electron chi connectivity index (χ1n) is 8.89. The molecule has 4 nitrogen and oxygen atoms in total. The molecule has 0 radical (unpaired) electrons. The number of hydrogen-bond acceptors (Lipinski definition) is 4. The fourth-order valence-corrected chi connectivity index (χ4v) is 4.32. The van der Waals surface area contributed by atoms with Gasteiger partial charge < -0.3 is 27.4 Å². The number of ether oxygens (including phenoxy) is 1. The molecule has 0 unspecified atom stereocenters. The minimum Gasteiger partial charge on any atom is -1.00 e. The molecule has 0 spiro atoms. The summed E-state index contributed by atoms with van der Waals surface area (Å²) in [6, 6.07) is 14.8. The topological polar surface area (TPSA) is 28.4 Å². The molecule has 1 aromatic heterocycles. The summed E-state index contributed by atoms with van der Waals surface area (Å²) in [5, 5.41) is 4.88. The van der Waals surface area contributed by atoms with Crippen LogP contribution in [0.1, 0.15) is 6.42 Å². The van der Waals surface area contributed by atoms with E-state index in [0.717, 1.165) is 31.0 Å². The molecule has 0 amide bonds. The number of aryl methyl sites for hydroxylation is 1. The summed E-state index contributed by atoms with van der Waals surface area (Å²) >= 11 is 1.81. The Morgan fingerprint density at radius 3 is 2.74 bits per heavy atom. The highest BCUT2D eigenvalue weighted by Crippen LogP contribution is 2.46. The zero-order chi connectivity index (χ0) is 18.1. The summed E-state index contributed by atoms with van der Waals surface area (Å²) in [5.41, 5.74) is 3.52. The predicted molar refractivity (Wildman–Crippen MR) is 108 cm³/mol. The van der Waals surface area contributed by atoms with Gasteiger partial charge in [-0.3, -0.25) is 0 Å². The van der Waals surface area contributed by atoms with Gasteiger partial charge in [-0.25, -0.2) is 0 Å². The molecule has 0 saturated heterocycles. The molecule has 2 heterocycles. The summed E-state index contributed by atoms with van der Waals surface area (Å²) in [7, 11) is 6.27. The molecule has 0 bridgehead atoms. The lowest BCUT2D eigenvalue weighted by atomic mass is 10.1. The molecular weight excluding hydrogens is 378 g/mol. The molecule has 2 aromatic carbocycles. The number of hydrogen-bond donors (Lipinski definition) is 1. The van der Waals surface area contributed by atoms with E-state index >= 15 is 0 Å². The normalized spacial score (nSPS) is 12.1. The van der Waals surface area contributed by atoms with Crippen molar-refractivity contribution in [2.45, 2.75) is 16.2 Å². The molecule has 0 aliphatic carbocycles. The van der Waals surface area contributed by atoms with Crippen molar-refractivity contribution in [3.8, 4) is 5.75 Å². The Kier molecular flexibility index (Phi) is 6.15. The smallest absolute Gasteiger partial charge is 0.214 e. The second-order valence-electron chi connectivity index (χ2n) is 6.89. The zero-order valence-electron chi connectivity index (χ0n) is 15.8. The van der Waals surface area contributed by atoms with Gasteiger partial charge in [0, 0.05) is 23.6 Å². The average molecular weight is 402 g/mol. The maximum absolute atomic E-state index is 5.94. The molecule has 6 heteroatoms. The molecule has 27 heavy (non-hydrogen) atoms. The van der Waals surface area contributed by atoms with Crippen LogP contribution in [0.4, 0.5) is 11.4 Å². The SMILES string of the molecule is CN(C)CCCOc1ccc2c(c1)Nc1c(c[n+](C)c3ccccc13)S2.[Cl-]. The molecule has 0 atom stereocenters. The van der Waals surface area contributed by atoms with Gasteiger partial charge in [0.15, 0.2) is 6.20 Å². The number of nitrogens with one attached hydrogen (secondary N) is 1. The Bertz CT molecular complexity index is 962. The molecule has 3 aromatic rings. The van der Waals surface area contributed by atoms with Gasteiger partial charge in [0.1, 0.15) is 17.7 Å². The third kappa shape index (κ3) is 4.15. The highest BCUT2D eigenvalue weighted by molar-refractivity contribution is 7.99. The second-order valence-corrected chi connectivity index (χ2v) is 7.97. The zero-order valence-corrected chi connectivity index (χ0v) is 17.4. The second kappa shape index (κ2) is 8.38. The van der Waals surface area contributed by atoms with Gasteiger partial charge in [-0.05, 0) is 38.7 Å². The average Bonchev–Trinajstić information content (AvgIpc) is 2.64. The molecule has 1 N–H and O–H groups in total. The van der Waals surface area contributed by atoms with E-state index in [0.29, 0.717) is 0 Å². The number of pyridine rings is 1. The summed E-state index contributed by atoms with van der Waals surface area (Å²) in [6.45, 7) is 1.77. The standard InChI is InChI=1S/C21H23N3OS.ClH/c1-23(2)11-6-12-25-15-9-10-19-17(13-15)22-21-16-7-4-5-8-18(16)24(3)14-20(21)26-19;/h4-5,7-10,13-14H,6,11-12H2,1-3H3;1H. The van der Waals surface area contributed by atoms with Crippen LogP contribution in [0.3, 0.4) is 0 Å². The van der Waals surface area contributed by atoms with Crippen LogP contribution < -0.4 is 27.0 Å². The highest BCUT2D eigenvalue weighted by Gasteiger charge is 2.23. The number of rotatable bonds is 5. The highest BCUT2D eigenvalue weighted by atomic mass is 35.5. The van der Waals surface area contributed by atoms with Crippen LogP contribution in [0.2, 0.25) is 0 Å². The summed E-state index contributed by atoms with van der Waals surface area (Å²) in [5.74, 6) is 0.921.